The maximum absolute atomic E-state index is 12.6. The van der Waals surface area contributed by atoms with Crippen LogP contribution < -0.4 is 10.6 Å². The zero-order chi connectivity index (χ0) is 17.2. The minimum absolute atomic E-state index is 0.111. The molecule has 2 N–H and O–H groups in total. The molecule has 3 fully saturated rings. The van der Waals surface area contributed by atoms with Crippen LogP contribution in [0.15, 0.2) is 0 Å². The monoisotopic (exact) mass is 336 g/mol. The van der Waals surface area contributed by atoms with Crippen LogP contribution in [0.5, 0.6) is 0 Å². The number of nitrogens with zero attached hydrogens (tertiary/aromatic N) is 2. The molecule has 2 saturated heterocycles. The van der Waals surface area contributed by atoms with Gasteiger partial charge in [-0.1, -0.05) is 12.8 Å². The van der Waals surface area contributed by atoms with E-state index in [0.29, 0.717) is 18.8 Å². The molecular formula is C17H28N4O3. The van der Waals surface area contributed by atoms with Gasteiger partial charge in [-0.3, -0.25) is 14.5 Å². The van der Waals surface area contributed by atoms with Gasteiger partial charge in [-0.15, -0.1) is 0 Å². The van der Waals surface area contributed by atoms with Gasteiger partial charge in [0.2, 0.25) is 5.91 Å². The number of likely N-dealkylation sites (tertiary alicyclic amines) is 1. The third-order valence-electron chi connectivity index (χ3n) is 5.77. The van der Waals surface area contributed by atoms with Crippen molar-refractivity contribution in [2.75, 3.05) is 33.2 Å². The Hall–Kier alpha value is -1.63. The average molecular weight is 336 g/mol. The summed E-state index contributed by atoms with van der Waals surface area (Å²) in [6.45, 7) is 2.33. The first-order valence-corrected chi connectivity index (χ1v) is 9.12. The summed E-state index contributed by atoms with van der Waals surface area (Å²) in [6, 6.07) is -0.404. The van der Waals surface area contributed by atoms with Crippen molar-refractivity contribution in [3.8, 4) is 0 Å². The number of hydrogen-bond donors (Lipinski definition) is 2. The third-order valence-corrected chi connectivity index (χ3v) is 5.77. The van der Waals surface area contributed by atoms with Crippen LogP contribution in [0.25, 0.3) is 0 Å². The molecule has 134 valence electrons. The highest BCUT2D eigenvalue weighted by atomic mass is 16.2. The summed E-state index contributed by atoms with van der Waals surface area (Å²) < 4.78 is 0. The summed E-state index contributed by atoms with van der Waals surface area (Å²) in [5.74, 6) is 0.336. The fourth-order valence-electron chi connectivity index (χ4n) is 4.19. The normalized spacial score (nSPS) is 24.0. The van der Waals surface area contributed by atoms with Gasteiger partial charge in [0.05, 0.1) is 0 Å². The first kappa shape index (κ1) is 17.2. The molecule has 24 heavy (non-hydrogen) atoms. The Morgan fingerprint density at radius 2 is 1.92 bits per heavy atom. The van der Waals surface area contributed by atoms with Gasteiger partial charge < -0.3 is 15.5 Å². The Labute approximate surface area is 143 Å². The van der Waals surface area contributed by atoms with Crippen molar-refractivity contribution >= 4 is 17.8 Å². The molecule has 0 atom stereocenters. The SMILES string of the molecule is CNCCC1CCN(C(=O)CN2C(=O)NC3(CCCC3)C2=O)CC1. The Morgan fingerprint density at radius 3 is 2.54 bits per heavy atom. The summed E-state index contributed by atoms with van der Waals surface area (Å²) >= 11 is 0. The zero-order valence-corrected chi connectivity index (χ0v) is 14.5. The molecule has 7 nitrogen and oxygen atoms in total. The summed E-state index contributed by atoms with van der Waals surface area (Å²) in [7, 11) is 1.95. The standard InChI is InChI=1S/C17H28N4O3/c1-18-9-4-13-5-10-20(11-6-13)14(22)12-21-15(23)17(19-16(21)24)7-2-3-8-17/h13,18H,2-12H2,1H3,(H,19,24). The van der Waals surface area contributed by atoms with E-state index in [1.54, 1.807) is 4.90 Å². The first-order chi connectivity index (χ1) is 11.6. The van der Waals surface area contributed by atoms with Crippen LogP contribution in [0.4, 0.5) is 4.79 Å². The van der Waals surface area contributed by atoms with E-state index >= 15 is 0 Å². The minimum Gasteiger partial charge on any atom is -0.341 e. The molecule has 0 aromatic rings. The molecule has 0 unspecified atom stereocenters. The van der Waals surface area contributed by atoms with E-state index in [0.717, 1.165) is 56.6 Å². The topological polar surface area (TPSA) is 81.8 Å². The zero-order valence-electron chi connectivity index (χ0n) is 14.5. The highest BCUT2D eigenvalue weighted by Crippen LogP contribution is 2.35. The Morgan fingerprint density at radius 1 is 1.25 bits per heavy atom. The minimum atomic E-state index is -0.725. The van der Waals surface area contributed by atoms with Gasteiger partial charge in [0.15, 0.2) is 0 Å². The molecule has 1 aliphatic carbocycles. The van der Waals surface area contributed by atoms with Crippen molar-refractivity contribution in [3.05, 3.63) is 0 Å². The van der Waals surface area contributed by atoms with Crippen LogP contribution >= 0.6 is 0 Å². The number of hydrogen-bond acceptors (Lipinski definition) is 4. The van der Waals surface area contributed by atoms with Gasteiger partial charge in [-0.25, -0.2) is 4.79 Å². The van der Waals surface area contributed by atoms with Crippen LogP contribution in [0, 0.1) is 5.92 Å². The molecule has 0 radical (unpaired) electrons. The molecule has 1 spiro atoms. The first-order valence-electron chi connectivity index (χ1n) is 9.12. The Kier molecular flexibility index (Phi) is 5.08. The van der Waals surface area contributed by atoms with Gasteiger partial charge in [-0.05, 0) is 51.6 Å². The number of imide groups is 1. The molecule has 3 aliphatic rings. The fourth-order valence-corrected chi connectivity index (χ4v) is 4.19. The van der Waals surface area contributed by atoms with Gasteiger partial charge in [0.25, 0.3) is 5.91 Å². The number of urea groups is 1. The van der Waals surface area contributed by atoms with Crippen molar-refractivity contribution in [1.82, 2.24) is 20.4 Å². The van der Waals surface area contributed by atoms with Crippen molar-refractivity contribution in [1.29, 1.82) is 0 Å². The van der Waals surface area contributed by atoms with E-state index in [4.69, 9.17) is 0 Å². The molecule has 3 rings (SSSR count). The lowest BCUT2D eigenvalue weighted by molar-refractivity contribution is -0.139. The summed E-state index contributed by atoms with van der Waals surface area (Å²) in [6.07, 6.45) is 6.42. The average Bonchev–Trinajstić information content (AvgIpc) is 3.14. The summed E-state index contributed by atoms with van der Waals surface area (Å²) in [5, 5.41) is 5.99. The molecular weight excluding hydrogens is 308 g/mol. The summed E-state index contributed by atoms with van der Waals surface area (Å²) in [5.41, 5.74) is -0.725. The molecule has 4 amide bonds. The second-order valence-corrected chi connectivity index (χ2v) is 7.33. The maximum atomic E-state index is 12.6. The van der Waals surface area contributed by atoms with Gasteiger partial charge >= 0.3 is 6.03 Å². The Bertz CT molecular complexity index is 508. The second-order valence-electron chi connectivity index (χ2n) is 7.33. The van der Waals surface area contributed by atoms with Gasteiger partial charge in [0.1, 0.15) is 12.1 Å². The van der Waals surface area contributed by atoms with Gasteiger partial charge in [-0.2, -0.15) is 0 Å². The molecule has 0 aromatic heterocycles. The van der Waals surface area contributed by atoms with E-state index in [1.165, 1.54) is 0 Å². The third kappa shape index (κ3) is 3.27. The van der Waals surface area contributed by atoms with Crippen molar-refractivity contribution in [3.63, 3.8) is 0 Å². The number of carbonyl (C=O) groups is 3. The molecule has 2 heterocycles. The lowest BCUT2D eigenvalue weighted by Gasteiger charge is -2.32. The number of rotatable bonds is 5. The molecule has 1 saturated carbocycles. The van der Waals surface area contributed by atoms with E-state index in [-0.39, 0.29) is 18.4 Å². The molecule has 2 aliphatic heterocycles. The van der Waals surface area contributed by atoms with Crippen LogP contribution in [-0.4, -0.2) is 66.4 Å². The largest absolute Gasteiger partial charge is 0.341 e. The lowest BCUT2D eigenvalue weighted by Crippen LogP contribution is -2.47. The molecule has 0 bridgehead atoms. The highest BCUT2D eigenvalue weighted by molar-refractivity contribution is 6.09. The lowest BCUT2D eigenvalue weighted by atomic mass is 9.93. The maximum Gasteiger partial charge on any atom is 0.325 e. The highest BCUT2D eigenvalue weighted by Gasteiger charge is 2.52. The number of carbonyl (C=O) groups excluding carboxylic acids is 3. The quantitative estimate of drug-likeness (QED) is 0.724. The van der Waals surface area contributed by atoms with E-state index in [1.807, 2.05) is 7.05 Å². The van der Waals surface area contributed by atoms with E-state index in [9.17, 15) is 14.4 Å². The van der Waals surface area contributed by atoms with Crippen LogP contribution in [0.2, 0.25) is 0 Å². The smallest absolute Gasteiger partial charge is 0.325 e. The predicted octanol–water partition coefficient (Wildman–Crippen LogP) is 0.699. The van der Waals surface area contributed by atoms with Crippen LogP contribution in [0.3, 0.4) is 0 Å². The molecule has 0 aromatic carbocycles. The Balaban J connectivity index is 1.52. The van der Waals surface area contributed by atoms with E-state index < -0.39 is 11.6 Å². The van der Waals surface area contributed by atoms with Gasteiger partial charge in [0, 0.05) is 13.1 Å². The summed E-state index contributed by atoms with van der Waals surface area (Å²) in [4.78, 5) is 40.2. The van der Waals surface area contributed by atoms with Crippen LogP contribution in [-0.2, 0) is 9.59 Å². The van der Waals surface area contributed by atoms with Crippen LogP contribution in [0.1, 0.15) is 44.9 Å². The number of amides is 4. The number of nitrogens with one attached hydrogen (secondary N) is 2. The predicted molar refractivity (Wildman–Crippen MR) is 89.3 cm³/mol. The van der Waals surface area contributed by atoms with Crippen molar-refractivity contribution in [2.24, 2.45) is 5.92 Å². The molecule has 7 heteroatoms. The van der Waals surface area contributed by atoms with E-state index in [2.05, 4.69) is 10.6 Å². The van der Waals surface area contributed by atoms with Crippen molar-refractivity contribution < 1.29 is 14.4 Å². The van der Waals surface area contributed by atoms with Crippen molar-refractivity contribution in [2.45, 2.75) is 50.5 Å². The second kappa shape index (κ2) is 7.09. The fraction of sp³-hybridized carbons (Fsp3) is 0.824. The number of piperidine rings is 1.